The van der Waals surface area contributed by atoms with Gasteiger partial charge in [-0.15, -0.1) is 0 Å². The van der Waals surface area contributed by atoms with Crippen LogP contribution in [0.2, 0.25) is 5.02 Å². The van der Waals surface area contributed by atoms with E-state index in [0.29, 0.717) is 6.54 Å². The summed E-state index contributed by atoms with van der Waals surface area (Å²) in [7, 11) is 1.80. The minimum Gasteiger partial charge on any atom is -0.348 e. The maximum Gasteiger partial charge on any atom is 0.251 e. The average Bonchev–Trinajstić information content (AvgIpc) is 3.24. The minimum absolute atomic E-state index is 0.00643. The second-order valence-corrected chi connectivity index (χ2v) is 8.06. The van der Waals surface area contributed by atoms with Crippen LogP contribution in [0.15, 0.2) is 68.9 Å². The van der Waals surface area contributed by atoms with E-state index >= 15 is 0 Å². The number of nitrogens with one attached hydrogen (secondary N) is 2. The van der Waals surface area contributed by atoms with Gasteiger partial charge in [-0.25, -0.2) is 0 Å². The number of halogens is 1. The van der Waals surface area contributed by atoms with Crippen molar-refractivity contribution in [3.05, 3.63) is 80.7 Å². The molecular weight excluding hydrogens is 390 g/mol. The summed E-state index contributed by atoms with van der Waals surface area (Å²) in [4.78, 5) is 18.6. The predicted octanol–water partition coefficient (Wildman–Crippen LogP) is 5.01. The highest BCUT2D eigenvalue weighted by Crippen LogP contribution is 2.41. The number of aliphatic imine (C=N–C) groups is 1. The first-order valence-corrected chi connectivity index (χ1v) is 10.3. The Labute approximate surface area is 173 Å². The van der Waals surface area contributed by atoms with Crippen molar-refractivity contribution in [1.82, 2.24) is 10.6 Å². The van der Waals surface area contributed by atoms with E-state index in [9.17, 15) is 4.79 Å². The lowest BCUT2D eigenvalue weighted by atomic mass is 10.0. The lowest BCUT2D eigenvalue weighted by Gasteiger charge is -2.09. The molecular formula is C22H20ClN3OS. The van der Waals surface area contributed by atoms with E-state index < -0.39 is 0 Å². The monoisotopic (exact) mass is 409 g/mol. The smallest absolute Gasteiger partial charge is 0.251 e. The molecule has 28 heavy (non-hydrogen) atoms. The molecule has 6 heteroatoms. The fourth-order valence-electron chi connectivity index (χ4n) is 3.37. The Morgan fingerprint density at radius 2 is 2.00 bits per heavy atom. The summed E-state index contributed by atoms with van der Waals surface area (Å²) in [5.41, 5.74) is 4.95. The van der Waals surface area contributed by atoms with Crippen LogP contribution in [0.4, 0.5) is 0 Å². The van der Waals surface area contributed by atoms with Crippen molar-refractivity contribution >= 4 is 40.8 Å². The van der Waals surface area contributed by atoms with E-state index in [2.05, 4.69) is 34.7 Å². The van der Waals surface area contributed by atoms with Crippen LogP contribution in [-0.4, -0.2) is 18.8 Å². The molecule has 0 atom stereocenters. The van der Waals surface area contributed by atoms with E-state index in [1.165, 1.54) is 0 Å². The number of benzene rings is 2. The molecule has 0 saturated heterocycles. The van der Waals surface area contributed by atoms with Crippen molar-refractivity contribution in [3.8, 4) is 0 Å². The van der Waals surface area contributed by atoms with E-state index in [1.807, 2.05) is 36.4 Å². The first-order valence-electron chi connectivity index (χ1n) is 9.14. The summed E-state index contributed by atoms with van der Waals surface area (Å²) in [6, 6.07) is 13.8. The van der Waals surface area contributed by atoms with Crippen LogP contribution in [-0.2, 0) is 6.54 Å². The molecule has 142 valence electrons. The average molecular weight is 410 g/mol. The number of carbonyl (C=O) groups excluding carboxylic acids is 1. The van der Waals surface area contributed by atoms with Gasteiger partial charge in [0.1, 0.15) is 5.84 Å². The number of hydrogen-bond donors (Lipinski definition) is 2. The summed E-state index contributed by atoms with van der Waals surface area (Å²) in [6.07, 6.45) is 3.11. The number of amides is 1. The van der Waals surface area contributed by atoms with Crippen LogP contribution in [0.1, 0.15) is 34.8 Å². The summed E-state index contributed by atoms with van der Waals surface area (Å²) in [6.45, 7) is 2.69. The molecule has 2 heterocycles. The lowest BCUT2D eigenvalue weighted by Crippen LogP contribution is -2.16. The van der Waals surface area contributed by atoms with Crippen molar-refractivity contribution in [2.24, 2.45) is 4.99 Å². The molecule has 0 saturated carbocycles. The molecule has 2 N–H and O–H groups in total. The van der Waals surface area contributed by atoms with Gasteiger partial charge in [0.25, 0.3) is 5.91 Å². The van der Waals surface area contributed by atoms with E-state index in [0.717, 1.165) is 55.0 Å². The van der Waals surface area contributed by atoms with Crippen molar-refractivity contribution in [1.29, 1.82) is 0 Å². The Balaban J connectivity index is 1.81. The molecule has 2 aromatic carbocycles. The van der Waals surface area contributed by atoms with E-state index in [-0.39, 0.29) is 5.91 Å². The molecule has 4 nitrogen and oxygen atoms in total. The molecule has 0 fully saturated rings. The zero-order chi connectivity index (χ0) is 19.7. The van der Waals surface area contributed by atoms with Gasteiger partial charge in [0.15, 0.2) is 0 Å². The third kappa shape index (κ3) is 3.48. The number of fused-ring (bicyclic) bond motifs is 1. The zero-order valence-corrected chi connectivity index (χ0v) is 17.2. The number of allylic oxidation sites excluding steroid dienone is 1. The molecule has 0 radical (unpaired) electrons. The van der Waals surface area contributed by atoms with Crippen LogP contribution in [0.3, 0.4) is 0 Å². The summed E-state index contributed by atoms with van der Waals surface area (Å²) < 4.78 is 0. The number of amidine groups is 1. The highest BCUT2D eigenvalue weighted by atomic mass is 35.5. The molecule has 0 spiro atoms. The normalized spacial score (nSPS) is 18.6. The second kappa shape index (κ2) is 7.86. The topological polar surface area (TPSA) is 53.5 Å². The second-order valence-electron chi connectivity index (χ2n) is 6.54. The minimum atomic E-state index is -0.00643. The quantitative estimate of drug-likeness (QED) is 0.746. The van der Waals surface area contributed by atoms with Crippen molar-refractivity contribution in [2.45, 2.75) is 24.8 Å². The lowest BCUT2D eigenvalue weighted by molar-refractivity contribution is 0.0966. The fraction of sp³-hybridized carbons (Fsp3) is 0.182. The molecule has 0 unspecified atom stereocenters. The van der Waals surface area contributed by atoms with Crippen LogP contribution in [0.5, 0.6) is 0 Å². The highest BCUT2D eigenvalue weighted by Gasteiger charge is 2.28. The Morgan fingerprint density at radius 3 is 2.71 bits per heavy atom. The third-order valence-electron chi connectivity index (χ3n) is 4.71. The molecule has 0 aliphatic carbocycles. The van der Waals surface area contributed by atoms with Crippen LogP contribution in [0, 0.1) is 0 Å². The van der Waals surface area contributed by atoms with Gasteiger partial charge in [-0.2, -0.15) is 0 Å². The number of thioether (sulfide) groups is 1. The molecule has 0 aromatic heterocycles. The van der Waals surface area contributed by atoms with Crippen molar-refractivity contribution < 1.29 is 4.79 Å². The summed E-state index contributed by atoms with van der Waals surface area (Å²) in [5, 5.41) is 7.09. The molecule has 0 bridgehead atoms. The first kappa shape index (κ1) is 18.8. The van der Waals surface area contributed by atoms with Gasteiger partial charge < -0.3 is 10.6 Å². The van der Waals surface area contributed by atoms with Gasteiger partial charge in [-0.1, -0.05) is 42.4 Å². The van der Waals surface area contributed by atoms with Crippen LogP contribution in [0.25, 0.3) is 5.70 Å². The Kier molecular flexibility index (Phi) is 5.29. The van der Waals surface area contributed by atoms with Crippen molar-refractivity contribution in [3.63, 3.8) is 0 Å². The fourth-order valence-corrected chi connectivity index (χ4v) is 4.57. The number of carbonyl (C=O) groups is 1. The Bertz CT molecular complexity index is 1040. The summed E-state index contributed by atoms with van der Waals surface area (Å²) >= 11 is 7.74. The standard InChI is InChI=1S/C22H20ClN3OS/c1-3-4-18-20(28-16-8-6-15(23)7-9-16)19(26-21(18)24-2)13-5-10-17-14(11-13)12-25-22(17)27/h4-11H,3,12H2,1-2H3,(H,24,26)(H,25,27)/b18-4-. The molecule has 2 aromatic rings. The molecule has 2 aliphatic heterocycles. The zero-order valence-electron chi connectivity index (χ0n) is 15.7. The van der Waals surface area contributed by atoms with Gasteiger partial charge in [0.05, 0.1) is 5.70 Å². The summed E-state index contributed by atoms with van der Waals surface area (Å²) in [5.74, 6) is 0.857. The number of hydrogen-bond acceptors (Lipinski definition) is 3. The predicted molar refractivity (Wildman–Crippen MR) is 117 cm³/mol. The third-order valence-corrected chi connectivity index (χ3v) is 6.10. The highest BCUT2D eigenvalue weighted by molar-refractivity contribution is 8.03. The molecule has 1 amide bonds. The molecule has 2 aliphatic rings. The maximum atomic E-state index is 11.9. The van der Waals surface area contributed by atoms with Crippen LogP contribution >= 0.6 is 23.4 Å². The van der Waals surface area contributed by atoms with E-state index in [4.69, 9.17) is 11.6 Å². The SMILES string of the molecule is CC/C=C1\C(=NC)NC(c2ccc3c(c2)CNC3=O)=C1Sc1ccc(Cl)cc1. The van der Waals surface area contributed by atoms with Crippen molar-refractivity contribution in [2.75, 3.05) is 7.05 Å². The van der Waals surface area contributed by atoms with Gasteiger partial charge in [0, 0.05) is 39.6 Å². The van der Waals surface area contributed by atoms with Gasteiger partial charge >= 0.3 is 0 Å². The van der Waals surface area contributed by atoms with Gasteiger partial charge in [0.2, 0.25) is 0 Å². The van der Waals surface area contributed by atoms with E-state index in [1.54, 1.807) is 18.8 Å². The first-order chi connectivity index (χ1) is 13.6. The van der Waals surface area contributed by atoms with Gasteiger partial charge in [-0.05, 0) is 53.9 Å². The number of rotatable bonds is 4. The van der Waals surface area contributed by atoms with Gasteiger partial charge in [-0.3, -0.25) is 9.79 Å². The number of nitrogens with zero attached hydrogens (tertiary/aromatic N) is 1. The maximum absolute atomic E-state index is 11.9. The largest absolute Gasteiger partial charge is 0.348 e. The van der Waals surface area contributed by atoms with Crippen LogP contribution < -0.4 is 10.6 Å². The Morgan fingerprint density at radius 1 is 1.21 bits per heavy atom. The Hall–Kier alpha value is -2.50. The molecule has 4 rings (SSSR count).